The summed E-state index contributed by atoms with van der Waals surface area (Å²) >= 11 is 0. The van der Waals surface area contributed by atoms with Crippen molar-refractivity contribution in [2.75, 3.05) is 24.6 Å². The zero-order valence-corrected chi connectivity index (χ0v) is 46.0. The monoisotopic (exact) mass is 1070 g/mol. The van der Waals surface area contributed by atoms with E-state index >= 15 is 0 Å². The molecule has 0 aliphatic rings. The number of rotatable bonds is 25. The van der Waals surface area contributed by atoms with Gasteiger partial charge in [-0.25, -0.2) is 16.8 Å². The number of amides is 4. The fourth-order valence-corrected chi connectivity index (χ4v) is 11.7. The smallest absolute Gasteiger partial charge is 0.224 e. The summed E-state index contributed by atoms with van der Waals surface area (Å²) in [6.07, 6.45) is -3.31. The van der Waals surface area contributed by atoms with Crippen LogP contribution < -0.4 is 21.3 Å². The molecule has 0 aromatic heterocycles. The SMILES string of the molecule is CC(C)(C)S(=O)(=O)C[C@@H](Cc1cccc2ccccc12)C(=O)NCCC(=O)N[C@@H](Cc1ccccc1)[C@@H](O)[C@H](O)[C@H](Cc1ccccc1)NC(=O)CCNC(=O)[C@H](Cc1cccc2ccccc12)CS(=O)(=O)C(C)(C)C. The van der Waals surface area contributed by atoms with E-state index in [1.807, 2.05) is 121 Å². The molecule has 0 radical (unpaired) electrons. The van der Waals surface area contributed by atoms with Crippen molar-refractivity contribution >= 4 is 64.8 Å². The second-order valence-electron chi connectivity index (χ2n) is 21.7. The Balaban J connectivity index is 1.14. The minimum absolute atomic E-state index is 0.0812. The molecule has 0 fully saturated rings. The first kappa shape index (κ1) is 58.8. The molecule has 0 unspecified atom stereocenters. The van der Waals surface area contributed by atoms with E-state index in [1.54, 1.807) is 65.8 Å². The quantitative estimate of drug-likeness (QED) is 0.0359. The highest BCUT2D eigenvalue weighted by Gasteiger charge is 2.38. The minimum Gasteiger partial charge on any atom is -0.388 e. The van der Waals surface area contributed by atoms with Crippen LogP contribution in [0.1, 0.15) is 76.6 Å². The molecule has 406 valence electrons. The Morgan fingerprint density at radius 1 is 0.447 bits per heavy atom. The van der Waals surface area contributed by atoms with E-state index in [0.717, 1.165) is 43.8 Å². The Bertz CT molecular complexity index is 2930. The van der Waals surface area contributed by atoms with E-state index in [-0.39, 0.29) is 51.6 Å². The van der Waals surface area contributed by atoms with Gasteiger partial charge in [-0.15, -0.1) is 0 Å². The van der Waals surface area contributed by atoms with Crippen molar-refractivity contribution in [2.45, 2.75) is 114 Å². The first-order valence-electron chi connectivity index (χ1n) is 25.9. The van der Waals surface area contributed by atoms with Crippen molar-refractivity contribution in [3.05, 3.63) is 168 Å². The zero-order valence-electron chi connectivity index (χ0n) is 44.4. The molecule has 6 aromatic rings. The molecule has 0 aliphatic heterocycles. The van der Waals surface area contributed by atoms with Gasteiger partial charge in [-0.05, 0) is 111 Å². The molecule has 6 aromatic carbocycles. The van der Waals surface area contributed by atoms with E-state index in [2.05, 4.69) is 21.3 Å². The lowest BCUT2D eigenvalue weighted by atomic mass is 9.91. The number of hydrogen-bond acceptors (Lipinski definition) is 10. The van der Waals surface area contributed by atoms with Gasteiger partial charge in [0.2, 0.25) is 23.6 Å². The number of hydrogen-bond donors (Lipinski definition) is 6. The standard InChI is InChI=1S/C60H74N4O10S2/c1-59(2,3)75(71,72)39-47(37-45-27-17-25-43-23-13-15-29-49(43)45)57(69)61-33-31-53(65)63-51(35-41-19-9-7-10-20-41)55(67)56(68)52(36-42-21-11-8-12-22-42)64-54(66)32-34-62-58(70)48(40-76(73,74)60(4,5)6)38-46-28-18-26-44-24-14-16-30-50(44)46/h7-30,47-48,51-52,55-56,67-68H,31-40H2,1-6H3,(H,61,69)(H,62,70)(H,63,65)(H,64,66)/t47-,48-,51+,52+,55-,56-/m1/s1. The lowest BCUT2D eigenvalue weighted by Gasteiger charge is -2.33. The summed E-state index contributed by atoms with van der Waals surface area (Å²) in [6.45, 7) is 9.25. The summed E-state index contributed by atoms with van der Waals surface area (Å²) in [4.78, 5) is 55.4. The molecule has 14 nitrogen and oxygen atoms in total. The first-order chi connectivity index (χ1) is 35.9. The third kappa shape index (κ3) is 16.3. The average Bonchev–Trinajstić information content (AvgIpc) is 3.37. The van der Waals surface area contributed by atoms with Gasteiger partial charge in [-0.2, -0.15) is 0 Å². The Hall–Kier alpha value is -6.46. The molecule has 4 amide bonds. The number of benzene rings is 6. The Morgan fingerprint density at radius 3 is 1.13 bits per heavy atom. The van der Waals surface area contributed by atoms with Gasteiger partial charge in [0.1, 0.15) is 12.2 Å². The third-order valence-corrected chi connectivity index (χ3v) is 19.3. The minimum atomic E-state index is -3.74. The number of nitrogens with one attached hydrogen (secondary N) is 4. The molecule has 0 saturated carbocycles. The molecule has 0 heterocycles. The predicted octanol–water partition coefficient (Wildman–Crippen LogP) is 6.63. The topological polar surface area (TPSA) is 225 Å². The fourth-order valence-electron chi connectivity index (χ4n) is 9.13. The Labute approximate surface area is 448 Å². The Morgan fingerprint density at radius 2 is 0.776 bits per heavy atom. The molecular formula is C60H74N4O10S2. The molecular weight excluding hydrogens is 1000 g/mol. The number of aliphatic hydroxyl groups excluding tert-OH is 2. The van der Waals surface area contributed by atoms with Crippen LogP contribution in [0.5, 0.6) is 0 Å². The zero-order chi connectivity index (χ0) is 55.3. The van der Waals surface area contributed by atoms with Crippen molar-refractivity contribution in [3.63, 3.8) is 0 Å². The van der Waals surface area contributed by atoms with Crippen LogP contribution in [0.4, 0.5) is 0 Å². The van der Waals surface area contributed by atoms with E-state index in [9.17, 15) is 46.2 Å². The van der Waals surface area contributed by atoms with E-state index in [1.165, 1.54) is 0 Å². The number of carbonyl (C=O) groups is 4. The maximum atomic E-state index is 13.9. The van der Waals surface area contributed by atoms with Crippen molar-refractivity contribution in [2.24, 2.45) is 11.8 Å². The summed E-state index contributed by atoms with van der Waals surface area (Å²) in [5.74, 6) is -4.94. The molecule has 16 heteroatoms. The number of sulfone groups is 2. The second-order valence-corrected chi connectivity index (χ2v) is 27.2. The van der Waals surface area contributed by atoms with E-state index in [0.29, 0.717) is 0 Å². The van der Waals surface area contributed by atoms with Gasteiger partial charge in [0.05, 0.1) is 44.9 Å². The lowest BCUT2D eigenvalue weighted by Crippen LogP contribution is -2.57. The molecule has 0 aliphatic carbocycles. The number of carbonyl (C=O) groups excluding carboxylic acids is 4. The highest BCUT2D eigenvalue weighted by Crippen LogP contribution is 2.27. The average molecular weight is 1080 g/mol. The van der Waals surface area contributed by atoms with Gasteiger partial charge in [0, 0.05) is 25.9 Å². The van der Waals surface area contributed by atoms with Crippen molar-refractivity contribution in [1.82, 2.24) is 21.3 Å². The molecule has 6 N–H and O–H groups in total. The Kier molecular flexibility index (Phi) is 20.2. The number of fused-ring (bicyclic) bond motifs is 2. The van der Waals surface area contributed by atoms with Gasteiger partial charge in [-0.1, -0.05) is 146 Å². The molecule has 0 spiro atoms. The molecule has 0 bridgehead atoms. The molecule has 6 atom stereocenters. The van der Waals surface area contributed by atoms with Crippen molar-refractivity contribution in [1.29, 1.82) is 0 Å². The van der Waals surface area contributed by atoms with Crippen LogP contribution >= 0.6 is 0 Å². The highest BCUT2D eigenvalue weighted by molar-refractivity contribution is 7.93. The highest BCUT2D eigenvalue weighted by atomic mass is 32.2. The van der Waals surface area contributed by atoms with Crippen LogP contribution in [-0.2, 0) is 64.5 Å². The maximum Gasteiger partial charge on any atom is 0.224 e. The van der Waals surface area contributed by atoms with Crippen LogP contribution in [0.2, 0.25) is 0 Å². The summed E-state index contributed by atoms with van der Waals surface area (Å²) in [7, 11) is -7.49. The van der Waals surface area contributed by atoms with Gasteiger partial charge < -0.3 is 31.5 Å². The molecule has 76 heavy (non-hydrogen) atoms. The van der Waals surface area contributed by atoms with Crippen molar-refractivity contribution in [3.8, 4) is 0 Å². The van der Waals surface area contributed by atoms with Crippen LogP contribution in [0.15, 0.2) is 146 Å². The predicted molar refractivity (Wildman–Crippen MR) is 301 cm³/mol. The maximum absolute atomic E-state index is 13.9. The second kappa shape index (κ2) is 26.1. The summed E-state index contributed by atoms with van der Waals surface area (Å²) in [5.41, 5.74) is 3.09. The van der Waals surface area contributed by atoms with Gasteiger partial charge >= 0.3 is 0 Å². The van der Waals surface area contributed by atoms with Gasteiger partial charge in [0.25, 0.3) is 0 Å². The lowest BCUT2D eigenvalue weighted by molar-refractivity contribution is -0.128. The largest absolute Gasteiger partial charge is 0.388 e. The van der Waals surface area contributed by atoms with Crippen LogP contribution in [-0.4, -0.2) is 109 Å². The van der Waals surface area contributed by atoms with E-state index in [4.69, 9.17) is 0 Å². The molecule has 6 rings (SSSR count). The van der Waals surface area contributed by atoms with Crippen molar-refractivity contribution < 1.29 is 46.2 Å². The first-order valence-corrected chi connectivity index (χ1v) is 29.2. The van der Waals surface area contributed by atoms with E-state index < -0.39 is 100 Å². The fraction of sp³-hybridized carbons (Fsp3) is 0.400. The summed E-state index contributed by atoms with van der Waals surface area (Å²) < 4.78 is 51.8. The number of aliphatic hydroxyl groups is 2. The summed E-state index contributed by atoms with van der Waals surface area (Å²) in [5, 5.41) is 39.0. The van der Waals surface area contributed by atoms with Crippen LogP contribution in [0.25, 0.3) is 21.5 Å². The van der Waals surface area contributed by atoms with Crippen LogP contribution in [0.3, 0.4) is 0 Å². The van der Waals surface area contributed by atoms with Gasteiger partial charge in [0.15, 0.2) is 19.7 Å². The van der Waals surface area contributed by atoms with Gasteiger partial charge in [-0.3, -0.25) is 19.2 Å². The summed E-state index contributed by atoms with van der Waals surface area (Å²) in [6, 6.07) is 42.6. The van der Waals surface area contributed by atoms with Crippen LogP contribution in [0, 0.1) is 11.8 Å². The third-order valence-electron chi connectivity index (χ3n) is 13.9. The molecule has 0 saturated heterocycles. The normalized spacial score (nSPS) is 14.7.